The molecule has 1 amide bonds. The molecule has 1 heterocycles. The van der Waals surface area contributed by atoms with E-state index < -0.39 is 11.7 Å². The number of amides is 1. The number of carbonyl (C=O) groups is 1. The van der Waals surface area contributed by atoms with Crippen molar-refractivity contribution in [1.82, 2.24) is 20.4 Å². The molecular formula is C22H34N6O2. The molecule has 8 heteroatoms. The van der Waals surface area contributed by atoms with Crippen molar-refractivity contribution in [2.75, 3.05) is 25.0 Å². The van der Waals surface area contributed by atoms with Crippen molar-refractivity contribution < 1.29 is 9.53 Å². The molecule has 1 aromatic carbocycles. The predicted molar refractivity (Wildman–Crippen MR) is 121 cm³/mol. The minimum absolute atomic E-state index is 0.448. The zero-order valence-corrected chi connectivity index (χ0v) is 18.4. The van der Waals surface area contributed by atoms with Gasteiger partial charge in [0.15, 0.2) is 5.96 Å². The van der Waals surface area contributed by atoms with Gasteiger partial charge in [0.1, 0.15) is 5.60 Å². The monoisotopic (exact) mass is 414 g/mol. The fourth-order valence-corrected chi connectivity index (χ4v) is 2.70. The van der Waals surface area contributed by atoms with Gasteiger partial charge in [0, 0.05) is 44.3 Å². The Labute approximate surface area is 179 Å². The lowest BCUT2D eigenvalue weighted by Crippen LogP contribution is -2.38. The second-order valence-electron chi connectivity index (χ2n) is 7.88. The van der Waals surface area contributed by atoms with E-state index in [4.69, 9.17) is 4.74 Å². The highest BCUT2D eigenvalue weighted by molar-refractivity contribution is 5.84. The number of rotatable bonds is 9. The number of aromatic nitrogens is 2. The molecule has 0 aliphatic carbocycles. The molecule has 2 rings (SSSR count). The van der Waals surface area contributed by atoms with Gasteiger partial charge >= 0.3 is 6.09 Å². The normalized spacial score (nSPS) is 11.8. The van der Waals surface area contributed by atoms with E-state index in [1.54, 1.807) is 6.20 Å². The molecule has 1 aromatic heterocycles. The summed E-state index contributed by atoms with van der Waals surface area (Å²) in [5.41, 5.74) is 1.38. The van der Waals surface area contributed by atoms with Gasteiger partial charge in [-0.1, -0.05) is 12.1 Å². The van der Waals surface area contributed by atoms with Gasteiger partial charge in [-0.2, -0.15) is 5.10 Å². The molecule has 164 valence electrons. The molecule has 0 spiro atoms. The highest BCUT2D eigenvalue weighted by Gasteiger charge is 2.16. The summed E-state index contributed by atoms with van der Waals surface area (Å²) in [4.78, 5) is 16.4. The van der Waals surface area contributed by atoms with Crippen molar-refractivity contribution in [3.8, 4) is 0 Å². The smallest absolute Gasteiger partial charge is 0.412 e. The van der Waals surface area contributed by atoms with Crippen LogP contribution in [0.3, 0.4) is 0 Å². The molecule has 0 bridgehead atoms. The van der Waals surface area contributed by atoms with Gasteiger partial charge in [0.05, 0.1) is 0 Å². The third-order valence-electron chi connectivity index (χ3n) is 4.02. The van der Waals surface area contributed by atoms with E-state index in [-0.39, 0.29) is 0 Å². The number of hydrogen-bond donors (Lipinski definition) is 3. The molecule has 0 radical (unpaired) electrons. The molecule has 0 fully saturated rings. The van der Waals surface area contributed by atoms with E-state index in [9.17, 15) is 4.79 Å². The second kappa shape index (κ2) is 11.8. The Morgan fingerprint density at radius 1 is 1.20 bits per heavy atom. The summed E-state index contributed by atoms with van der Waals surface area (Å²) in [6, 6.07) is 9.70. The summed E-state index contributed by atoms with van der Waals surface area (Å²) in [6.07, 6.45) is 5.08. The number of anilines is 1. The van der Waals surface area contributed by atoms with Crippen LogP contribution in [0.5, 0.6) is 0 Å². The predicted octanol–water partition coefficient (Wildman–Crippen LogP) is 3.42. The maximum Gasteiger partial charge on any atom is 0.412 e. The number of aliphatic imine (C=N–C) groups is 1. The van der Waals surface area contributed by atoms with Gasteiger partial charge in [-0.15, -0.1) is 0 Å². The summed E-state index contributed by atoms with van der Waals surface area (Å²) in [5, 5.41) is 13.6. The highest BCUT2D eigenvalue weighted by Crippen LogP contribution is 2.13. The zero-order chi connectivity index (χ0) is 21.8. The molecule has 0 atom stereocenters. The lowest BCUT2D eigenvalue weighted by molar-refractivity contribution is 0.0636. The third-order valence-corrected chi connectivity index (χ3v) is 4.02. The van der Waals surface area contributed by atoms with E-state index in [1.807, 2.05) is 62.0 Å². The maximum atomic E-state index is 11.8. The summed E-state index contributed by atoms with van der Waals surface area (Å²) < 4.78 is 7.18. The Hall–Kier alpha value is -3.03. The van der Waals surface area contributed by atoms with Crippen molar-refractivity contribution >= 4 is 17.7 Å². The Balaban J connectivity index is 1.73. The first kappa shape index (κ1) is 23.3. The second-order valence-corrected chi connectivity index (χ2v) is 7.88. The quantitative estimate of drug-likeness (QED) is 0.332. The average molecular weight is 415 g/mol. The van der Waals surface area contributed by atoms with Gasteiger partial charge in [-0.05, 0) is 64.3 Å². The molecule has 0 saturated carbocycles. The van der Waals surface area contributed by atoms with Crippen LogP contribution in [0.15, 0.2) is 47.7 Å². The minimum Gasteiger partial charge on any atom is -0.444 e. The van der Waals surface area contributed by atoms with E-state index >= 15 is 0 Å². The molecular weight excluding hydrogens is 380 g/mol. The summed E-state index contributed by atoms with van der Waals surface area (Å²) in [5.74, 6) is 0.821. The molecule has 30 heavy (non-hydrogen) atoms. The average Bonchev–Trinajstić information content (AvgIpc) is 3.18. The highest BCUT2D eigenvalue weighted by atomic mass is 16.6. The Kier molecular flexibility index (Phi) is 9.18. The zero-order valence-electron chi connectivity index (χ0n) is 18.4. The van der Waals surface area contributed by atoms with Crippen molar-refractivity contribution in [3.63, 3.8) is 0 Å². The first-order chi connectivity index (χ1) is 14.4. The number of guanidine groups is 1. The van der Waals surface area contributed by atoms with Gasteiger partial charge in [-0.25, -0.2) is 4.79 Å². The summed E-state index contributed by atoms with van der Waals surface area (Å²) in [6.45, 7) is 10.8. The first-order valence-electron chi connectivity index (χ1n) is 10.4. The fraction of sp³-hybridized carbons (Fsp3) is 0.500. The minimum atomic E-state index is -0.513. The standard InChI is InChI=1S/C22H34N6O2/c1-5-23-20(24-13-6-16-28-17-7-14-26-28)25-15-12-18-8-10-19(11-9-18)27-21(29)30-22(2,3)4/h7-11,14,17H,5-6,12-13,15-16H2,1-4H3,(H,27,29)(H2,23,24,25). The van der Waals surface area contributed by atoms with Crippen LogP contribution in [-0.2, 0) is 17.7 Å². The van der Waals surface area contributed by atoms with Crippen LogP contribution in [-0.4, -0.2) is 47.1 Å². The number of hydrogen-bond acceptors (Lipinski definition) is 4. The molecule has 0 aliphatic heterocycles. The number of aryl methyl sites for hydroxylation is 1. The fourth-order valence-electron chi connectivity index (χ4n) is 2.70. The van der Waals surface area contributed by atoms with Gasteiger partial charge < -0.3 is 15.4 Å². The summed E-state index contributed by atoms with van der Waals surface area (Å²) in [7, 11) is 0. The van der Waals surface area contributed by atoms with E-state index in [0.29, 0.717) is 5.69 Å². The van der Waals surface area contributed by atoms with Crippen LogP contribution in [0.25, 0.3) is 0 Å². The number of ether oxygens (including phenoxy) is 1. The van der Waals surface area contributed by atoms with E-state index in [2.05, 4.69) is 33.0 Å². The SMILES string of the molecule is CCNC(=NCCCn1cccn1)NCCc1ccc(NC(=O)OC(C)(C)C)cc1. The van der Waals surface area contributed by atoms with E-state index in [1.165, 1.54) is 5.56 Å². The third kappa shape index (κ3) is 9.45. The van der Waals surface area contributed by atoms with Crippen LogP contribution < -0.4 is 16.0 Å². The van der Waals surface area contributed by atoms with Gasteiger partial charge in [-0.3, -0.25) is 15.0 Å². The number of benzene rings is 1. The molecule has 0 unspecified atom stereocenters. The number of nitrogens with zero attached hydrogens (tertiary/aromatic N) is 3. The molecule has 3 N–H and O–H groups in total. The van der Waals surface area contributed by atoms with Crippen LogP contribution >= 0.6 is 0 Å². The summed E-state index contributed by atoms with van der Waals surface area (Å²) >= 11 is 0. The number of carbonyl (C=O) groups excluding carboxylic acids is 1. The topological polar surface area (TPSA) is 92.6 Å². The van der Waals surface area contributed by atoms with Crippen LogP contribution in [0.2, 0.25) is 0 Å². The molecule has 0 saturated heterocycles. The van der Waals surface area contributed by atoms with Gasteiger partial charge in [0.25, 0.3) is 0 Å². The van der Waals surface area contributed by atoms with Crippen molar-refractivity contribution in [3.05, 3.63) is 48.3 Å². The molecule has 8 nitrogen and oxygen atoms in total. The largest absolute Gasteiger partial charge is 0.444 e. The number of nitrogens with one attached hydrogen (secondary N) is 3. The van der Waals surface area contributed by atoms with Crippen LogP contribution in [0.4, 0.5) is 10.5 Å². The van der Waals surface area contributed by atoms with Crippen molar-refractivity contribution in [2.45, 2.75) is 52.7 Å². The Morgan fingerprint density at radius 2 is 1.97 bits per heavy atom. The van der Waals surface area contributed by atoms with Crippen LogP contribution in [0.1, 0.15) is 39.7 Å². The first-order valence-corrected chi connectivity index (χ1v) is 10.4. The van der Waals surface area contributed by atoms with Crippen LogP contribution in [0, 0.1) is 0 Å². The lowest BCUT2D eigenvalue weighted by Gasteiger charge is -2.19. The Bertz CT molecular complexity index is 779. The maximum absolute atomic E-state index is 11.8. The lowest BCUT2D eigenvalue weighted by atomic mass is 10.1. The van der Waals surface area contributed by atoms with Crippen molar-refractivity contribution in [2.24, 2.45) is 4.99 Å². The molecule has 2 aromatic rings. The van der Waals surface area contributed by atoms with Gasteiger partial charge in [0.2, 0.25) is 0 Å². The van der Waals surface area contributed by atoms with Crippen molar-refractivity contribution in [1.29, 1.82) is 0 Å². The molecule has 0 aliphatic rings. The van der Waals surface area contributed by atoms with E-state index in [0.717, 1.165) is 45.0 Å². The Morgan fingerprint density at radius 3 is 2.60 bits per heavy atom.